The fourth-order valence-corrected chi connectivity index (χ4v) is 5.04. The number of allylic oxidation sites excluding steroid dienone is 2. The third-order valence-electron chi connectivity index (χ3n) is 6.43. The number of aromatic nitrogens is 1. The highest BCUT2D eigenvalue weighted by Gasteiger charge is 2.27. The summed E-state index contributed by atoms with van der Waals surface area (Å²) in [7, 11) is 0. The van der Waals surface area contributed by atoms with Crippen LogP contribution in [0.4, 0.5) is 0 Å². The van der Waals surface area contributed by atoms with Crippen LogP contribution in [-0.4, -0.2) is 4.57 Å². The number of hydrogen-bond acceptors (Lipinski definition) is 0. The molecule has 4 aromatic rings. The summed E-state index contributed by atoms with van der Waals surface area (Å²) in [6.45, 7) is 7.76. The van der Waals surface area contributed by atoms with Gasteiger partial charge in [-0.05, 0) is 53.7 Å². The summed E-state index contributed by atoms with van der Waals surface area (Å²) >= 11 is 0. The van der Waals surface area contributed by atoms with E-state index in [-0.39, 0.29) is 0 Å². The van der Waals surface area contributed by atoms with Crippen LogP contribution in [0.25, 0.3) is 27.4 Å². The minimum absolute atomic E-state index is 0.342. The maximum absolute atomic E-state index is 2.51. The van der Waals surface area contributed by atoms with E-state index in [2.05, 4.69) is 92.1 Å². The van der Waals surface area contributed by atoms with Gasteiger partial charge in [-0.1, -0.05) is 74.5 Å². The van der Waals surface area contributed by atoms with Crippen LogP contribution in [0.2, 0.25) is 0 Å². The zero-order valence-corrected chi connectivity index (χ0v) is 17.0. The van der Waals surface area contributed by atoms with Gasteiger partial charge in [0, 0.05) is 28.8 Å². The Morgan fingerprint density at radius 2 is 1.61 bits per heavy atom. The minimum Gasteiger partial charge on any atom is -0.341 e. The lowest BCUT2D eigenvalue weighted by Gasteiger charge is -2.16. The molecule has 0 bridgehead atoms. The van der Waals surface area contributed by atoms with E-state index < -0.39 is 0 Å². The van der Waals surface area contributed by atoms with Crippen molar-refractivity contribution in [2.45, 2.75) is 46.1 Å². The van der Waals surface area contributed by atoms with Crippen molar-refractivity contribution in [3.8, 4) is 0 Å². The van der Waals surface area contributed by atoms with Crippen LogP contribution in [0.1, 0.15) is 55.4 Å². The van der Waals surface area contributed by atoms with Gasteiger partial charge in [0.2, 0.25) is 0 Å². The van der Waals surface area contributed by atoms with Gasteiger partial charge in [0.1, 0.15) is 0 Å². The summed E-state index contributed by atoms with van der Waals surface area (Å²) in [5, 5.41) is 2.74. The Kier molecular flexibility index (Phi) is 4.12. The summed E-state index contributed by atoms with van der Waals surface area (Å²) in [4.78, 5) is 0. The first-order valence-electron chi connectivity index (χ1n) is 10.6. The van der Waals surface area contributed by atoms with Crippen LogP contribution in [-0.2, 0) is 13.0 Å². The van der Waals surface area contributed by atoms with Crippen molar-refractivity contribution in [2.24, 2.45) is 0 Å². The molecule has 0 saturated carbocycles. The molecule has 1 unspecified atom stereocenters. The maximum atomic E-state index is 2.51. The van der Waals surface area contributed by atoms with Gasteiger partial charge in [-0.2, -0.15) is 0 Å². The molecule has 0 amide bonds. The molecule has 140 valence electrons. The smallest absolute Gasteiger partial charge is 0.0533 e. The Morgan fingerprint density at radius 1 is 0.786 bits per heavy atom. The van der Waals surface area contributed by atoms with Crippen LogP contribution >= 0.6 is 0 Å². The quantitative estimate of drug-likeness (QED) is 0.357. The van der Waals surface area contributed by atoms with E-state index in [1.807, 2.05) is 0 Å². The SMILES string of the molecule is CCC1=CC(c2cccc3c4ccccc4n(CC)c23)c2cc(CC)ccc21. The normalized spacial score (nSPS) is 16.0. The van der Waals surface area contributed by atoms with Crippen LogP contribution in [0.5, 0.6) is 0 Å². The van der Waals surface area contributed by atoms with Crippen molar-refractivity contribution in [3.05, 3.63) is 89.0 Å². The van der Waals surface area contributed by atoms with E-state index in [4.69, 9.17) is 0 Å². The zero-order chi connectivity index (χ0) is 19.3. The molecule has 1 nitrogen and oxygen atoms in total. The van der Waals surface area contributed by atoms with Gasteiger partial charge in [-0.15, -0.1) is 0 Å². The molecule has 3 aromatic carbocycles. The van der Waals surface area contributed by atoms with E-state index in [0.29, 0.717) is 5.92 Å². The van der Waals surface area contributed by atoms with E-state index in [1.165, 1.54) is 49.6 Å². The van der Waals surface area contributed by atoms with Crippen LogP contribution in [0, 0.1) is 0 Å². The largest absolute Gasteiger partial charge is 0.341 e. The van der Waals surface area contributed by atoms with Gasteiger partial charge >= 0.3 is 0 Å². The molecule has 0 radical (unpaired) electrons. The fourth-order valence-electron chi connectivity index (χ4n) is 5.04. The number of hydrogen-bond donors (Lipinski definition) is 0. The molecule has 1 aliphatic rings. The number of rotatable bonds is 4. The van der Waals surface area contributed by atoms with Crippen LogP contribution in [0.15, 0.2) is 66.7 Å². The van der Waals surface area contributed by atoms with Gasteiger partial charge in [0.15, 0.2) is 0 Å². The Labute approximate surface area is 167 Å². The highest BCUT2D eigenvalue weighted by molar-refractivity contribution is 6.09. The lowest BCUT2D eigenvalue weighted by atomic mass is 9.90. The van der Waals surface area contributed by atoms with E-state index in [9.17, 15) is 0 Å². The van der Waals surface area contributed by atoms with Crippen molar-refractivity contribution in [3.63, 3.8) is 0 Å². The molecular formula is C27H27N. The number of benzene rings is 3. The highest BCUT2D eigenvalue weighted by atomic mass is 15.0. The third-order valence-corrected chi connectivity index (χ3v) is 6.43. The highest BCUT2D eigenvalue weighted by Crippen LogP contribution is 2.45. The second-order valence-corrected chi connectivity index (χ2v) is 7.80. The minimum atomic E-state index is 0.342. The topological polar surface area (TPSA) is 4.93 Å². The molecule has 1 heteroatoms. The first-order valence-corrected chi connectivity index (χ1v) is 10.6. The average molecular weight is 366 g/mol. The third kappa shape index (κ3) is 2.39. The molecule has 0 saturated heterocycles. The molecule has 28 heavy (non-hydrogen) atoms. The second kappa shape index (κ2) is 6.67. The van der Waals surface area contributed by atoms with Gasteiger partial charge < -0.3 is 4.57 Å². The molecule has 0 aliphatic heterocycles. The number of nitrogens with zero attached hydrogens (tertiary/aromatic N) is 1. The maximum Gasteiger partial charge on any atom is 0.0533 e. The lowest BCUT2D eigenvalue weighted by molar-refractivity contribution is 0.820. The van der Waals surface area contributed by atoms with Crippen molar-refractivity contribution in [1.82, 2.24) is 4.57 Å². The van der Waals surface area contributed by atoms with E-state index >= 15 is 0 Å². The number of aryl methyl sites for hydroxylation is 2. The predicted octanol–water partition coefficient (Wildman–Crippen LogP) is 7.32. The lowest BCUT2D eigenvalue weighted by Crippen LogP contribution is -2.02. The van der Waals surface area contributed by atoms with Crippen LogP contribution < -0.4 is 0 Å². The van der Waals surface area contributed by atoms with Crippen molar-refractivity contribution < 1.29 is 0 Å². The summed E-state index contributed by atoms with van der Waals surface area (Å²) in [5.41, 5.74) is 10.0. The Hall–Kier alpha value is -2.80. The van der Waals surface area contributed by atoms with Crippen molar-refractivity contribution in [2.75, 3.05) is 0 Å². The Balaban J connectivity index is 1.83. The number of para-hydroxylation sites is 2. The van der Waals surface area contributed by atoms with E-state index in [0.717, 1.165) is 19.4 Å². The summed E-state index contributed by atoms with van der Waals surface area (Å²) in [5.74, 6) is 0.342. The monoisotopic (exact) mass is 365 g/mol. The van der Waals surface area contributed by atoms with Crippen molar-refractivity contribution in [1.29, 1.82) is 0 Å². The summed E-state index contributed by atoms with van der Waals surface area (Å²) in [6.07, 6.45) is 4.68. The molecule has 1 atom stereocenters. The Morgan fingerprint density at radius 3 is 2.39 bits per heavy atom. The van der Waals surface area contributed by atoms with Crippen LogP contribution in [0.3, 0.4) is 0 Å². The molecule has 1 aliphatic carbocycles. The molecule has 1 heterocycles. The fraction of sp³-hybridized carbons (Fsp3) is 0.259. The number of fused-ring (bicyclic) bond motifs is 4. The molecule has 0 fully saturated rings. The Bertz CT molecular complexity index is 1220. The molecule has 0 spiro atoms. The first kappa shape index (κ1) is 17.3. The molecule has 5 rings (SSSR count). The summed E-state index contributed by atoms with van der Waals surface area (Å²) < 4.78 is 2.50. The molecule has 0 N–H and O–H groups in total. The first-order chi connectivity index (χ1) is 13.8. The van der Waals surface area contributed by atoms with Gasteiger partial charge in [-0.25, -0.2) is 0 Å². The van der Waals surface area contributed by atoms with Gasteiger partial charge in [0.05, 0.1) is 5.52 Å². The molecule has 1 aromatic heterocycles. The zero-order valence-electron chi connectivity index (χ0n) is 17.0. The van der Waals surface area contributed by atoms with E-state index in [1.54, 1.807) is 0 Å². The van der Waals surface area contributed by atoms with Crippen molar-refractivity contribution >= 4 is 27.4 Å². The van der Waals surface area contributed by atoms with Gasteiger partial charge in [-0.3, -0.25) is 0 Å². The average Bonchev–Trinajstić information content (AvgIpc) is 3.28. The summed E-state index contributed by atoms with van der Waals surface area (Å²) in [6, 6.07) is 22.8. The molecular weight excluding hydrogens is 338 g/mol. The standard InChI is InChI=1S/C27H27N/c1-4-18-14-15-20-19(5-2)17-25(24(20)16-18)23-12-9-11-22-21-10-7-8-13-26(21)28(6-3)27(22)23/h7-17,25H,4-6H2,1-3H3. The predicted molar refractivity (Wildman–Crippen MR) is 121 cm³/mol. The van der Waals surface area contributed by atoms with Gasteiger partial charge in [0.25, 0.3) is 0 Å². The second-order valence-electron chi connectivity index (χ2n) is 7.80.